The van der Waals surface area contributed by atoms with Gasteiger partial charge in [-0.3, -0.25) is 9.59 Å². The van der Waals surface area contributed by atoms with Gasteiger partial charge in [0.2, 0.25) is 0 Å². The van der Waals surface area contributed by atoms with Gasteiger partial charge in [0.05, 0.1) is 40.3 Å². The van der Waals surface area contributed by atoms with Gasteiger partial charge in [0.15, 0.2) is 6.10 Å². The molecule has 0 saturated carbocycles. The van der Waals surface area contributed by atoms with Gasteiger partial charge in [-0.1, -0.05) is 158 Å². The molecule has 0 aromatic heterocycles. The van der Waals surface area contributed by atoms with Gasteiger partial charge in [0.25, 0.3) is 0 Å². The highest BCUT2D eigenvalue weighted by atomic mass is 16.6. The van der Waals surface area contributed by atoms with Crippen LogP contribution in [0, 0.1) is 0 Å². The molecule has 0 fully saturated rings. The van der Waals surface area contributed by atoms with E-state index >= 15 is 0 Å². The molecule has 0 aromatic carbocycles. The molecule has 2 unspecified atom stereocenters. The molecular weight excluding hydrogens is 739 g/mol. The normalized spacial score (nSPS) is 13.4. The highest BCUT2D eigenvalue weighted by Crippen LogP contribution is 2.13. The summed E-state index contributed by atoms with van der Waals surface area (Å²) in [6.45, 7) is 4.57. The molecule has 0 saturated heterocycles. The maximum Gasteiger partial charge on any atom is 0.306 e. The molecule has 2 atom stereocenters. The zero-order valence-corrected chi connectivity index (χ0v) is 38.7. The molecule has 340 valence electrons. The molecular formula is C51H89NO7. The Labute approximate surface area is 362 Å². The van der Waals surface area contributed by atoms with Crippen molar-refractivity contribution in [3.8, 4) is 0 Å². The van der Waals surface area contributed by atoms with Crippen molar-refractivity contribution in [3.05, 3.63) is 60.8 Å². The van der Waals surface area contributed by atoms with Crippen LogP contribution in [0.2, 0.25) is 0 Å². The SMILES string of the molecule is CCCCC/C=C/C/C=C/C/C=C/C/C=C/CCCC(=O)OC(COCCC(C(=O)[O-])[N+](C)(C)C)COC(=O)CCCCCCC/C=C/CCCCCCCCCCC. The average molecular weight is 828 g/mol. The molecule has 0 aliphatic carbocycles. The van der Waals surface area contributed by atoms with Gasteiger partial charge >= 0.3 is 11.9 Å². The first-order chi connectivity index (χ1) is 28.6. The first-order valence-corrected chi connectivity index (χ1v) is 23.8. The van der Waals surface area contributed by atoms with Crippen LogP contribution in [0.5, 0.6) is 0 Å². The van der Waals surface area contributed by atoms with Crippen LogP contribution < -0.4 is 5.11 Å². The fourth-order valence-electron chi connectivity index (χ4n) is 6.65. The van der Waals surface area contributed by atoms with E-state index in [-0.39, 0.29) is 49.1 Å². The number of nitrogens with zero attached hydrogens (tertiary/aromatic N) is 1. The quantitative estimate of drug-likeness (QED) is 0.0261. The van der Waals surface area contributed by atoms with Gasteiger partial charge in [-0.15, -0.1) is 0 Å². The summed E-state index contributed by atoms with van der Waals surface area (Å²) in [6, 6.07) is -0.738. The zero-order chi connectivity index (χ0) is 43.5. The third kappa shape index (κ3) is 40.2. The fraction of sp³-hybridized carbons (Fsp3) is 0.745. The predicted octanol–water partition coefficient (Wildman–Crippen LogP) is 12.0. The third-order valence-electron chi connectivity index (χ3n) is 10.4. The van der Waals surface area contributed by atoms with Crippen molar-refractivity contribution in [1.82, 2.24) is 0 Å². The molecule has 8 heteroatoms. The van der Waals surface area contributed by atoms with Crippen LogP contribution in [0.15, 0.2) is 60.8 Å². The highest BCUT2D eigenvalue weighted by Gasteiger charge is 2.25. The van der Waals surface area contributed by atoms with E-state index in [9.17, 15) is 19.5 Å². The Morgan fingerprint density at radius 1 is 0.508 bits per heavy atom. The van der Waals surface area contributed by atoms with E-state index in [4.69, 9.17) is 14.2 Å². The Hall–Kier alpha value is -2.97. The molecule has 59 heavy (non-hydrogen) atoms. The number of hydrogen-bond donors (Lipinski definition) is 0. The van der Waals surface area contributed by atoms with Crippen LogP contribution in [0.3, 0.4) is 0 Å². The minimum absolute atomic E-state index is 0.0146. The van der Waals surface area contributed by atoms with E-state index in [0.29, 0.717) is 12.8 Å². The number of ether oxygens (including phenoxy) is 3. The van der Waals surface area contributed by atoms with Crippen LogP contribution in [-0.2, 0) is 28.6 Å². The number of unbranched alkanes of at least 4 members (excludes halogenated alkanes) is 18. The standard InChI is InChI=1S/C51H89NO7/c1-6-8-10-12-14-16-18-20-22-24-26-27-29-31-33-35-37-39-41-49(53)58-46-47(45-57-44-43-48(51(55)56)52(3,4)5)59-50(54)42-40-38-36-34-32-30-28-25-23-21-19-17-15-13-11-9-7-2/h15,17,21,23,26-28,30,34,36,47-48H,6-14,16,18-20,22,24-25,29,31-33,35,37-46H2,1-5H3/b17-15+,23-21+,27-26+,30-28+,36-34+. The van der Waals surface area contributed by atoms with Gasteiger partial charge < -0.3 is 28.6 Å². The monoisotopic (exact) mass is 828 g/mol. The largest absolute Gasteiger partial charge is 0.544 e. The summed E-state index contributed by atoms with van der Waals surface area (Å²) in [5, 5.41) is 11.6. The van der Waals surface area contributed by atoms with Crippen molar-refractivity contribution in [1.29, 1.82) is 0 Å². The molecule has 0 rings (SSSR count). The third-order valence-corrected chi connectivity index (χ3v) is 10.4. The molecule has 0 N–H and O–H groups in total. The lowest BCUT2D eigenvalue weighted by Crippen LogP contribution is -2.55. The van der Waals surface area contributed by atoms with Gasteiger partial charge in [-0.25, -0.2) is 0 Å². The highest BCUT2D eigenvalue weighted by molar-refractivity contribution is 5.70. The summed E-state index contributed by atoms with van der Waals surface area (Å²) in [4.78, 5) is 36.9. The zero-order valence-electron chi connectivity index (χ0n) is 38.7. The van der Waals surface area contributed by atoms with Crippen molar-refractivity contribution in [3.63, 3.8) is 0 Å². The van der Waals surface area contributed by atoms with Gasteiger partial charge in [0.1, 0.15) is 12.6 Å². The van der Waals surface area contributed by atoms with Crippen molar-refractivity contribution < 1.29 is 38.2 Å². The van der Waals surface area contributed by atoms with E-state index in [1.807, 2.05) is 0 Å². The Morgan fingerprint density at radius 2 is 0.915 bits per heavy atom. The Morgan fingerprint density at radius 3 is 1.42 bits per heavy atom. The summed E-state index contributed by atoms with van der Waals surface area (Å²) in [6.07, 6.45) is 51.1. The predicted molar refractivity (Wildman–Crippen MR) is 245 cm³/mol. The molecule has 8 nitrogen and oxygen atoms in total. The smallest absolute Gasteiger partial charge is 0.306 e. The number of carboxylic acids is 1. The van der Waals surface area contributed by atoms with Gasteiger partial charge in [-0.05, 0) is 77.0 Å². The first kappa shape index (κ1) is 56.0. The number of likely N-dealkylation sites (N-methyl/N-ethyl adjacent to an activating group) is 1. The molecule has 0 aliphatic heterocycles. The van der Waals surface area contributed by atoms with Crippen LogP contribution >= 0.6 is 0 Å². The van der Waals surface area contributed by atoms with Crippen LogP contribution in [0.1, 0.15) is 194 Å². The minimum atomic E-state index is -1.14. The van der Waals surface area contributed by atoms with Crippen molar-refractivity contribution in [2.45, 2.75) is 206 Å². The maximum absolute atomic E-state index is 12.7. The number of esters is 2. The van der Waals surface area contributed by atoms with E-state index < -0.39 is 18.1 Å². The second-order valence-corrected chi connectivity index (χ2v) is 17.0. The summed E-state index contributed by atoms with van der Waals surface area (Å²) in [5.74, 6) is -1.82. The Bertz CT molecular complexity index is 1150. The lowest BCUT2D eigenvalue weighted by atomic mass is 10.1. The summed E-state index contributed by atoms with van der Waals surface area (Å²) in [7, 11) is 5.39. The number of carbonyl (C=O) groups is 3. The number of carboxylic acid groups (broad SMARTS) is 1. The van der Waals surface area contributed by atoms with Crippen LogP contribution in [0.4, 0.5) is 0 Å². The van der Waals surface area contributed by atoms with Crippen molar-refractivity contribution in [2.24, 2.45) is 0 Å². The van der Waals surface area contributed by atoms with Gasteiger partial charge in [-0.2, -0.15) is 0 Å². The number of aliphatic carboxylic acids is 1. The van der Waals surface area contributed by atoms with Gasteiger partial charge in [0, 0.05) is 19.3 Å². The number of carbonyl (C=O) groups excluding carboxylic acids is 3. The lowest BCUT2D eigenvalue weighted by Gasteiger charge is -2.34. The molecule has 0 aromatic rings. The molecule has 0 heterocycles. The van der Waals surface area contributed by atoms with E-state index in [2.05, 4.69) is 74.6 Å². The number of quaternary nitrogens is 1. The van der Waals surface area contributed by atoms with E-state index in [1.54, 1.807) is 21.1 Å². The number of rotatable bonds is 42. The molecule has 0 aliphatic rings. The average Bonchev–Trinajstić information content (AvgIpc) is 3.19. The maximum atomic E-state index is 12.7. The topological polar surface area (TPSA) is 102 Å². The molecule has 0 amide bonds. The second-order valence-electron chi connectivity index (χ2n) is 17.0. The van der Waals surface area contributed by atoms with Crippen molar-refractivity contribution >= 4 is 17.9 Å². The van der Waals surface area contributed by atoms with Crippen LogP contribution in [0.25, 0.3) is 0 Å². The Kier molecular flexibility index (Phi) is 39.6. The minimum Gasteiger partial charge on any atom is -0.544 e. The lowest BCUT2D eigenvalue weighted by molar-refractivity contribution is -0.889. The summed E-state index contributed by atoms with van der Waals surface area (Å²) < 4.78 is 17.1. The fourth-order valence-corrected chi connectivity index (χ4v) is 6.65. The van der Waals surface area contributed by atoms with E-state index in [0.717, 1.165) is 57.8 Å². The Balaban J connectivity index is 4.40. The van der Waals surface area contributed by atoms with Crippen LogP contribution in [-0.4, -0.2) is 75.5 Å². The molecule has 0 radical (unpaired) electrons. The molecule has 0 spiro atoms. The summed E-state index contributed by atoms with van der Waals surface area (Å²) >= 11 is 0. The number of hydrogen-bond acceptors (Lipinski definition) is 7. The second kappa shape index (κ2) is 41.8. The number of allylic oxidation sites excluding steroid dienone is 10. The molecule has 0 bridgehead atoms. The van der Waals surface area contributed by atoms with E-state index in [1.165, 1.54) is 96.3 Å². The van der Waals surface area contributed by atoms with Crippen molar-refractivity contribution in [2.75, 3.05) is 41.0 Å². The summed E-state index contributed by atoms with van der Waals surface area (Å²) in [5.41, 5.74) is 0. The first-order valence-electron chi connectivity index (χ1n) is 23.8.